The number of halogens is 2. The molecule has 4 heteroatoms. The lowest BCUT2D eigenvalue weighted by Crippen LogP contribution is -2.26. The lowest BCUT2D eigenvalue weighted by Gasteiger charge is -2.10. The van der Waals surface area contributed by atoms with Gasteiger partial charge < -0.3 is 5.73 Å². The molecule has 1 fully saturated rings. The van der Waals surface area contributed by atoms with E-state index >= 15 is 0 Å². The van der Waals surface area contributed by atoms with Crippen LogP contribution in [0.2, 0.25) is 10.0 Å². The molecule has 86 valence electrons. The van der Waals surface area contributed by atoms with Gasteiger partial charge in [0.1, 0.15) is 0 Å². The fourth-order valence-electron chi connectivity index (χ4n) is 1.73. The van der Waals surface area contributed by atoms with Gasteiger partial charge in [-0.1, -0.05) is 29.3 Å². The van der Waals surface area contributed by atoms with Crippen molar-refractivity contribution in [2.24, 2.45) is 11.7 Å². The first kappa shape index (κ1) is 11.9. The van der Waals surface area contributed by atoms with Crippen LogP contribution in [0.3, 0.4) is 0 Å². The number of nitrogens with two attached hydrogens (primary N) is 1. The number of benzene rings is 1. The van der Waals surface area contributed by atoms with Gasteiger partial charge in [-0.3, -0.25) is 4.79 Å². The van der Waals surface area contributed by atoms with Gasteiger partial charge >= 0.3 is 0 Å². The molecule has 1 aliphatic rings. The van der Waals surface area contributed by atoms with Gasteiger partial charge in [-0.2, -0.15) is 0 Å². The largest absolute Gasteiger partial charge is 0.327 e. The van der Waals surface area contributed by atoms with Crippen LogP contribution in [0.1, 0.15) is 29.6 Å². The number of Topliss-reactive ketones (excluding diaryl/α,β-unsaturated/α-hetero) is 1. The van der Waals surface area contributed by atoms with E-state index in [1.165, 1.54) is 0 Å². The molecule has 1 saturated carbocycles. The predicted molar refractivity (Wildman–Crippen MR) is 66.1 cm³/mol. The third-order valence-corrected chi connectivity index (χ3v) is 3.72. The third kappa shape index (κ3) is 2.57. The SMILES string of the molecule is NC(CC(=O)c1cccc(Cl)c1Cl)C1CC1. The first-order valence-electron chi connectivity index (χ1n) is 5.32. The zero-order valence-electron chi connectivity index (χ0n) is 8.75. The second-order valence-corrected chi connectivity index (χ2v) is 5.02. The van der Waals surface area contributed by atoms with Crippen molar-refractivity contribution < 1.29 is 4.79 Å². The van der Waals surface area contributed by atoms with E-state index in [2.05, 4.69) is 0 Å². The zero-order valence-corrected chi connectivity index (χ0v) is 10.3. The fraction of sp³-hybridized carbons (Fsp3) is 0.417. The van der Waals surface area contributed by atoms with Crippen molar-refractivity contribution in [2.75, 3.05) is 0 Å². The molecule has 1 atom stereocenters. The molecule has 16 heavy (non-hydrogen) atoms. The highest BCUT2D eigenvalue weighted by atomic mass is 35.5. The molecule has 0 bridgehead atoms. The van der Waals surface area contributed by atoms with Gasteiger partial charge in [-0.15, -0.1) is 0 Å². The molecule has 1 aromatic carbocycles. The number of ketones is 1. The lowest BCUT2D eigenvalue weighted by molar-refractivity contribution is 0.0971. The van der Waals surface area contributed by atoms with Crippen molar-refractivity contribution >= 4 is 29.0 Å². The summed E-state index contributed by atoms with van der Waals surface area (Å²) >= 11 is 11.8. The molecule has 0 aromatic heterocycles. The van der Waals surface area contributed by atoms with Crippen molar-refractivity contribution in [3.05, 3.63) is 33.8 Å². The summed E-state index contributed by atoms with van der Waals surface area (Å²) in [5, 5.41) is 0.740. The Balaban J connectivity index is 2.10. The molecule has 1 aromatic rings. The monoisotopic (exact) mass is 257 g/mol. The van der Waals surface area contributed by atoms with Crippen molar-refractivity contribution in [3.8, 4) is 0 Å². The number of hydrogen-bond acceptors (Lipinski definition) is 2. The van der Waals surface area contributed by atoms with Gasteiger partial charge in [0.05, 0.1) is 10.0 Å². The Morgan fingerprint density at radius 2 is 2.12 bits per heavy atom. The van der Waals surface area contributed by atoms with Crippen molar-refractivity contribution in [3.63, 3.8) is 0 Å². The minimum absolute atomic E-state index is 0.0214. The van der Waals surface area contributed by atoms with Crippen LogP contribution in [-0.4, -0.2) is 11.8 Å². The molecule has 0 heterocycles. The van der Waals surface area contributed by atoms with Gasteiger partial charge in [0, 0.05) is 18.0 Å². The van der Waals surface area contributed by atoms with Crippen molar-refractivity contribution in [1.82, 2.24) is 0 Å². The van der Waals surface area contributed by atoms with E-state index in [4.69, 9.17) is 28.9 Å². The molecule has 0 radical (unpaired) electrons. The average molecular weight is 258 g/mol. The summed E-state index contributed by atoms with van der Waals surface area (Å²) in [5.41, 5.74) is 6.39. The van der Waals surface area contributed by atoms with Gasteiger partial charge in [-0.25, -0.2) is 0 Å². The van der Waals surface area contributed by atoms with Gasteiger partial charge in [0.15, 0.2) is 5.78 Å². The molecule has 0 spiro atoms. The Morgan fingerprint density at radius 3 is 2.75 bits per heavy atom. The van der Waals surface area contributed by atoms with E-state index in [-0.39, 0.29) is 11.8 Å². The van der Waals surface area contributed by atoms with Crippen LogP contribution in [0, 0.1) is 5.92 Å². The van der Waals surface area contributed by atoms with Crippen LogP contribution < -0.4 is 5.73 Å². The smallest absolute Gasteiger partial charge is 0.165 e. The average Bonchev–Trinajstić information content (AvgIpc) is 3.05. The van der Waals surface area contributed by atoms with E-state index in [0.29, 0.717) is 27.9 Å². The van der Waals surface area contributed by atoms with Gasteiger partial charge in [0.25, 0.3) is 0 Å². The molecular weight excluding hydrogens is 245 g/mol. The summed E-state index contributed by atoms with van der Waals surface area (Å²) in [7, 11) is 0. The second kappa shape index (κ2) is 4.74. The maximum Gasteiger partial charge on any atom is 0.165 e. The van der Waals surface area contributed by atoms with E-state index in [1.54, 1.807) is 18.2 Å². The molecule has 0 amide bonds. The minimum atomic E-state index is -0.0393. The summed E-state index contributed by atoms with van der Waals surface area (Å²) in [4.78, 5) is 11.9. The number of rotatable bonds is 4. The Labute approximate surface area is 105 Å². The summed E-state index contributed by atoms with van der Waals surface area (Å²) in [6.07, 6.45) is 2.63. The van der Waals surface area contributed by atoms with E-state index in [0.717, 1.165) is 12.8 Å². The van der Waals surface area contributed by atoms with E-state index in [9.17, 15) is 4.79 Å². The molecule has 2 rings (SSSR count). The zero-order chi connectivity index (χ0) is 11.7. The third-order valence-electron chi connectivity index (χ3n) is 2.90. The summed E-state index contributed by atoms with van der Waals surface area (Å²) in [6, 6.07) is 5.05. The highest BCUT2D eigenvalue weighted by Gasteiger charge is 2.30. The molecule has 2 N–H and O–H groups in total. The van der Waals surface area contributed by atoms with Crippen LogP contribution in [0.25, 0.3) is 0 Å². The molecule has 0 saturated heterocycles. The van der Waals surface area contributed by atoms with E-state index < -0.39 is 0 Å². The first-order chi connectivity index (χ1) is 7.59. The van der Waals surface area contributed by atoms with Crippen LogP contribution in [-0.2, 0) is 0 Å². The maximum atomic E-state index is 11.9. The van der Waals surface area contributed by atoms with Crippen LogP contribution in [0.5, 0.6) is 0 Å². The Kier molecular flexibility index (Phi) is 3.53. The fourth-order valence-corrected chi connectivity index (χ4v) is 2.14. The predicted octanol–water partition coefficient (Wildman–Crippen LogP) is 3.30. The lowest BCUT2D eigenvalue weighted by atomic mass is 10.0. The Morgan fingerprint density at radius 1 is 1.44 bits per heavy atom. The number of hydrogen-bond donors (Lipinski definition) is 1. The molecular formula is C12H13Cl2NO. The van der Waals surface area contributed by atoms with Crippen molar-refractivity contribution in [1.29, 1.82) is 0 Å². The minimum Gasteiger partial charge on any atom is -0.327 e. The first-order valence-corrected chi connectivity index (χ1v) is 6.08. The van der Waals surface area contributed by atoms with Crippen LogP contribution in [0.4, 0.5) is 0 Å². The molecule has 2 nitrogen and oxygen atoms in total. The topological polar surface area (TPSA) is 43.1 Å². The quantitative estimate of drug-likeness (QED) is 0.842. The van der Waals surface area contributed by atoms with Crippen LogP contribution >= 0.6 is 23.2 Å². The van der Waals surface area contributed by atoms with Gasteiger partial charge in [0.2, 0.25) is 0 Å². The standard InChI is InChI=1S/C12H13Cl2NO/c13-9-3-1-2-8(12(9)14)11(16)6-10(15)7-4-5-7/h1-3,7,10H,4-6,15H2. The van der Waals surface area contributed by atoms with Crippen molar-refractivity contribution in [2.45, 2.75) is 25.3 Å². The Bertz CT molecular complexity index is 415. The maximum absolute atomic E-state index is 11.9. The highest BCUT2D eigenvalue weighted by molar-refractivity contribution is 6.43. The normalized spacial score (nSPS) is 17.2. The summed E-state index contributed by atoms with van der Waals surface area (Å²) < 4.78 is 0. The molecule has 1 aliphatic carbocycles. The molecule has 0 aliphatic heterocycles. The van der Waals surface area contributed by atoms with Gasteiger partial charge in [-0.05, 0) is 30.9 Å². The van der Waals surface area contributed by atoms with E-state index in [1.807, 2.05) is 0 Å². The highest BCUT2D eigenvalue weighted by Crippen LogP contribution is 2.34. The number of carbonyl (C=O) groups is 1. The summed E-state index contributed by atoms with van der Waals surface area (Å²) in [6.45, 7) is 0. The summed E-state index contributed by atoms with van der Waals surface area (Å²) in [5.74, 6) is 0.494. The van der Waals surface area contributed by atoms with Crippen LogP contribution in [0.15, 0.2) is 18.2 Å². The number of carbonyl (C=O) groups excluding carboxylic acids is 1. The Hall–Kier alpha value is -0.570. The molecule has 1 unspecified atom stereocenters. The second-order valence-electron chi connectivity index (χ2n) is 4.23.